The van der Waals surface area contributed by atoms with Crippen molar-refractivity contribution < 1.29 is 4.74 Å². The van der Waals surface area contributed by atoms with E-state index in [1.807, 2.05) is 0 Å². The number of hydrogen-bond donors (Lipinski definition) is 0. The molecule has 0 bridgehead atoms. The zero-order valence-electron chi connectivity index (χ0n) is 7.94. The quantitative estimate of drug-likeness (QED) is 0.461. The van der Waals surface area contributed by atoms with Gasteiger partial charge < -0.3 is 4.74 Å². The van der Waals surface area contributed by atoms with E-state index in [1.54, 1.807) is 0 Å². The average Bonchev–Trinajstić information content (AvgIpc) is 2.00. The van der Waals surface area contributed by atoms with Crippen LogP contribution < -0.4 is 0 Å². The Balaban J connectivity index is 1.88. The average molecular weight is 166 g/mol. The van der Waals surface area contributed by atoms with Crippen LogP contribution in [0.3, 0.4) is 0 Å². The Morgan fingerprint density at radius 3 is 2.75 bits per heavy atom. The highest BCUT2D eigenvalue weighted by molar-refractivity contribution is 5.07. The summed E-state index contributed by atoms with van der Waals surface area (Å²) in [4.78, 5) is 0. The maximum atomic E-state index is 5.18. The lowest BCUT2D eigenvalue weighted by molar-refractivity contribution is -0.0122. The van der Waals surface area contributed by atoms with Crippen molar-refractivity contribution in [2.24, 2.45) is 0 Å². The van der Waals surface area contributed by atoms with Crippen LogP contribution in [0, 0.1) is 11.8 Å². The Kier molecular flexibility index (Phi) is 4.87. The number of unbranched alkanes of at least 4 members (excludes halogenated alkanes) is 4. The van der Waals surface area contributed by atoms with Gasteiger partial charge in [0, 0.05) is 12.8 Å². The molecule has 1 heteroatoms. The summed E-state index contributed by atoms with van der Waals surface area (Å²) >= 11 is 0. The lowest BCUT2D eigenvalue weighted by Crippen LogP contribution is -2.24. The molecular weight excluding hydrogens is 148 g/mol. The monoisotopic (exact) mass is 166 g/mol. The SMILES string of the molecule is CCCCCCC#CC1CCO1. The van der Waals surface area contributed by atoms with Gasteiger partial charge in [0.25, 0.3) is 0 Å². The van der Waals surface area contributed by atoms with E-state index in [2.05, 4.69) is 18.8 Å². The molecule has 1 aliphatic rings. The fourth-order valence-electron chi connectivity index (χ4n) is 1.18. The number of ether oxygens (including phenoxy) is 1. The molecule has 0 radical (unpaired) electrons. The normalized spacial score (nSPS) is 20.9. The van der Waals surface area contributed by atoms with Crippen molar-refractivity contribution in [1.29, 1.82) is 0 Å². The highest BCUT2D eigenvalue weighted by Gasteiger charge is 2.13. The molecule has 0 aliphatic carbocycles. The van der Waals surface area contributed by atoms with Crippen LogP contribution in [-0.4, -0.2) is 12.7 Å². The molecule has 0 spiro atoms. The first-order chi connectivity index (χ1) is 5.93. The molecule has 0 aromatic heterocycles. The molecule has 68 valence electrons. The molecule has 0 amide bonds. The lowest BCUT2D eigenvalue weighted by Gasteiger charge is -2.20. The lowest BCUT2D eigenvalue weighted by atomic mass is 10.1. The van der Waals surface area contributed by atoms with Crippen LogP contribution in [0.15, 0.2) is 0 Å². The van der Waals surface area contributed by atoms with Crippen LogP contribution >= 0.6 is 0 Å². The smallest absolute Gasteiger partial charge is 0.120 e. The van der Waals surface area contributed by atoms with E-state index in [0.29, 0.717) is 0 Å². The second-order valence-electron chi connectivity index (χ2n) is 3.28. The standard InChI is InChI=1S/C11H18O/c1-2-3-4-5-6-7-8-11-9-10-12-11/h11H,2-6,9-10H2,1H3. The van der Waals surface area contributed by atoms with Crippen molar-refractivity contribution in [2.75, 3.05) is 6.61 Å². The minimum atomic E-state index is 0.274. The summed E-state index contributed by atoms with van der Waals surface area (Å²) in [5.74, 6) is 6.29. The molecule has 0 aromatic carbocycles. The van der Waals surface area contributed by atoms with Crippen molar-refractivity contribution in [3.8, 4) is 11.8 Å². The third kappa shape index (κ3) is 3.78. The van der Waals surface area contributed by atoms with Crippen LogP contribution in [0.4, 0.5) is 0 Å². The summed E-state index contributed by atoms with van der Waals surface area (Å²) in [5.41, 5.74) is 0. The van der Waals surface area contributed by atoms with Crippen LogP contribution in [0.2, 0.25) is 0 Å². The van der Waals surface area contributed by atoms with Gasteiger partial charge in [0.05, 0.1) is 6.61 Å². The second-order valence-corrected chi connectivity index (χ2v) is 3.28. The van der Waals surface area contributed by atoms with Gasteiger partial charge in [0.2, 0.25) is 0 Å². The van der Waals surface area contributed by atoms with Gasteiger partial charge in [-0.15, -0.1) is 5.92 Å². The first kappa shape index (κ1) is 9.61. The minimum absolute atomic E-state index is 0.274. The molecule has 1 nitrogen and oxygen atoms in total. The first-order valence-electron chi connectivity index (χ1n) is 5.03. The van der Waals surface area contributed by atoms with Crippen molar-refractivity contribution in [3.63, 3.8) is 0 Å². The van der Waals surface area contributed by atoms with Gasteiger partial charge in [-0.25, -0.2) is 0 Å². The van der Waals surface area contributed by atoms with Gasteiger partial charge in [0.1, 0.15) is 6.10 Å². The van der Waals surface area contributed by atoms with E-state index in [-0.39, 0.29) is 6.10 Å². The van der Waals surface area contributed by atoms with Crippen molar-refractivity contribution in [1.82, 2.24) is 0 Å². The number of hydrogen-bond acceptors (Lipinski definition) is 1. The molecule has 0 saturated carbocycles. The summed E-state index contributed by atoms with van der Waals surface area (Å²) in [7, 11) is 0. The fourth-order valence-corrected chi connectivity index (χ4v) is 1.18. The Morgan fingerprint density at radius 2 is 2.17 bits per heavy atom. The van der Waals surface area contributed by atoms with Gasteiger partial charge in [-0.2, -0.15) is 0 Å². The fraction of sp³-hybridized carbons (Fsp3) is 0.818. The van der Waals surface area contributed by atoms with E-state index in [9.17, 15) is 0 Å². The highest BCUT2D eigenvalue weighted by atomic mass is 16.5. The van der Waals surface area contributed by atoms with E-state index in [0.717, 1.165) is 19.4 Å². The highest BCUT2D eigenvalue weighted by Crippen LogP contribution is 2.09. The van der Waals surface area contributed by atoms with Crippen LogP contribution in [-0.2, 0) is 4.74 Å². The number of rotatable bonds is 4. The molecule has 1 saturated heterocycles. The van der Waals surface area contributed by atoms with Gasteiger partial charge in [-0.3, -0.25) is 0 Å². The summed E-state index contributed by atoms with van der Waals surface area (Å²) in [6.07, 6.45) is 7.71. The first-order valence-corrected chi connectivity index (χ1v) is 5.03. The maximum Gasteiger partial charge on any atom is 0.120 e. The summed E-state index contributed by atoms with van der Waals surface area (Å²) < 4.78 is 5.18. The predicted molar refractivity (Wildman–Crippen MR) is 50.9 cm³/mol. The van der Waals surface area contributed by atoms with E-state index in [1.165, 1.54) is 25.7 Å². The summed E-state index contributed by atoms with van der Waals surface area (Å²) in [5, 5.41) is 0. The van der Waals surface area contributed by atoms with Gasteiger partial charge in [0.15, 0.2) is 0 Å². The van der Waals surface area contributed by atoms with E-state index in [4.69, 9.17) is 4.74 Å². The van der Waals surface area contributed by atoms with Crippen molar-refractivity contribution in [2.45, 2.75) is 51.6 Å². The topological polar surface area (TPSA) is 9.23 Å². The van der Waals surface area contributed by atoms with Crippen molar-refractivity contribution >= 4 is 0 Å². The Labute approximate surface area is 75.5 Å². The van der Waals surface area contributed by atoms with E-state index < -0.39 is 0 Å². The largest absolute Gasteiger partial charge is 0.365 e. The third-order valence-corrected chi connectivity index (χ3v) is 2.12. The molecule has 12 heavy (non-hydrogen) atoms. The van der Waals surface area contributed by atoms with Crippen molar-refractivity contribution in [3.05, 3.63) is 0 Å². The summed E-state index contributed by atoms with van der Waals surface area (Å²) in [6, 6.07) is 0. The van der Waals surface area contributed by atoms with Crippen LogP contribution in [0.5, 0.6) is 0 Å². The molecule has 1 heterocycles. The molecule has 1 fully saturated rings. The molecule has 1 rings (SSSR count). The molecule has 1 aliphatic heterocycles. The second kappa shape index (κ2) is 6.08. The molecule has 0 N–H and O–H groups in total. The summed E-state index contributed by atoms with van der Waals surface area (Å²) in [6.45, 7) is 3.14. The molecular formula is C11H18O. The molecule has 1 unspecified atom stereocenters. The van der Waals surface area contributed by atoms with Gasteiger partial charge in [-0.1, -0.05) is 32.1 Å². The Morgan fingerprint density at radius 1 is 1.33 bits per heavy atom. The maximum absolute atomic E-state index is 5.18. The Hall–Kier alpha value is -0.480. The zero-order valence-corrected chi connectivity index (χ0v) is 7.94. The van der Waals surface area contributed by atoms with Crippen LogP contribution in [0.25, 0.3) is 0 Å². The van der Waals surface area contributed by atoms with Gasteiger partial charge >= 0.3 is 0 Å². The minimum Gasteiger partial charge on any atom is -0.365 e. The predicted octanol–water partition coefficient (Wildman–Crippen LogP) is 2.75. The van der Waals surface area contributed by atoms with E-state index >= 15 is 0 Å². The third-order valence-electron chi connectivity index (χ3n) is 2.12. The van der Waals surface area contributed by atoms with Crippen LogP contribution in [0.1, 0.15) is 45.4 Å². The molecule has 1 atom stereocenters. The van der Waals surface area contributed by atoms with Gasteiger partial charge in [-0.05, 0) is 6.42 Å². The Bertz CT molecular complexity index is 160. The molecule has 0 aromatic rings. The zero-order chi connectivity index (χ0) is 8.65.